The second-order valence-electron chi connectivity index (χ2n) is 8.53. The molecule has 1 saturated heterocycles. The number of amides is 1. The number of nitrogens with zero attached hydrogens (tertiary/aromatic N) is 4. The lowest BCUT2D eigenvalue weighted by atomic mass is 10.1. The van der Waals surface area contributed by atoms with Crippen molar-refractivity contribution < 1.29 is 13.2 Å². The van der Waals surface area contributed by atoms with Crippen LogP contribution in [-0.4, -0.2) is 65.3 Å². The summed E-state index contributed by atoms with van der Waals surface area (Å²) in [6.45, 7) is 4.59. The number of benzene rings is 2. The van der Waals surface area contributed by atoms with Gasteiger partial charge in [0, 0.05) is 45.3 Å². The van der Waals surface area contributed by atoms with Crippen molar-refractivity contribution in [3.8, 4) is 5.69 Å². The largest absolute Gasteiger partial charge is 0.316 e. The highest BCUT2D eigenvalue weighted by Gasteiger charge is 2.24. The molecule has 0 radical (unpaired) electrons. The molecule has 1 aliphatic rings. The van der Waals surface area contributed by atoms with Crippen LogP contribution in [0.25, 0.3) is 5.69 Å². The second-order valence-corrected chi connectivity index (χ2v) is 10.5. The van der Waals surface area contributed by atoms with Gasteiger partial charge in [0.05, 0.1) is 17.6 Å². The van der Waals surface area contributed by atoms with Gasteiger partial charge in [0.15, 0.2) is 0 Å². The van der Waals surface area contributed by atoms with E-state index in [9.17, 15) is 18.0 Å². The average Bonchev–Trinajstić information content (AvgIpc) is 3.02. The highest BCUT2D eigenvalue weighted by Crippen LogP contribution is 2.17. The van der Waals surface area contributed by atoms with Crippen LogP contribution in [0.2, 0.25) is 0 Å². The molecular formula is C24H29N5O4S. The molecule has 1 aromatic heterocycles. The minimum absolute atomic E-state index is 0.249. The van der Waals surface area contributed by atoms with Crippen LogP contribution in [0.4, 0.5) is 5.69 Å². The van der Waals surface area contributed by atoms with Crippen molar-refractivity contribution in [1.82, 2.24) is 18.6 Å². The van der Waals surface area contributed by atoms with Gasteiger partial charge in [0.2, 0.25) is 10.0 Å². The van der Waals surface area contributed by atoms with Gasteiger partial charge in [0.1, 0.15) is 5.69 Å². The standard InChI is InChI=1S/C24H29N5O4S/c1-18-22(24(31)29(26(18)2)21-10-5-4-6-11-21)25-23(30)20-9-7-8-19(16-20)17-27-12-14-28(15-13-27)34(3,32)33/h4-11,16H,12-15,17H2,1-3H3,(H,25,30). The summed E-state index contributed by atoms with van der Waals surface area (Å²) in [6, 6.07) is 16.6. The van der Waals surface area contributed by atoms with Crippen molar-refractivity contribution >= 4 is 21.6 Å². The highest BCUT2D eigenvalue weighted by atomic mass is 32.2. The topological polar surface area (TPSA) is 96.7 Å². The van der Waals surface area contributed by atoms with Crippen LogP contribution in [0.1, 0.15) is 21.6 Å². The number of para-hydroxylation sites is 1. The van der Waals surface area contributed by atoms with Crippen molar-refractivity contribution in [2.75, 3.05) is 37.8 Å². The molecule has 10 heteroatoms. The van der Waals surface area contributed by atoms with Crippen LogP contribution in [-0.2, 0) is 23.6 Å². The summed E-state index contributed by atoms with van der Waals surface area (Å²) in [5, 5.41) is 2.80. The van der Waals surface area contributed by atoms with E-state index in [1.807, 2.05) is 48.5 Å². The number of carbonyl (C=O) groups is 1. The lowest BCUT2D eigenvalue weighted by Gasteiger charge is -2.33. The van der Waals surface area contributed by atoms with Crippen molar-refractivity contribution in [2.24, 2.45) is 7.05 Å². The number of hydrogen-bond acceptors (Lipinski definition) is 5. The first-order valence-corrected chi connectivity index (χ1v) is 12.9. The molecule has 0 unspecified atom stereocenters. The Kier molecular flexibility index (Phi) is 6.74. The van der Waals surface area contributed by atoms with E-state index in [0.717, 1.165) is 11.3 Å². The van der Waals surface area contributed by atoms with Crippen LogP contribution >= 0.6 is 0 Å². The molecule has 0 atom stereocenters. The first-order chi connectivity index (χ1) is 16.1. The van der Waals surface area contributed by atoms with Gasteiger partial charge < -0.3 is 5.32 Å². The predicted molar refractivity (Wildman–Crippen MR) is 132 cm³/mol. The van der Waals surface area contributed by atoms with E-state index in [4.69, 9.17) is 0 Å². The Morgan fingerprint density at radius 3 is 2.32 bits per heavy atom. The zero-order valence-electron chi connectivity index (χ0n) is 19.6. The number of piperazine rings is 1. The predicted octanol–water partition coefficient (Wildman–Crippen LogP) is 1.81. The van der Waals surface area contributed by atoms with Crippen molar-refractivity contribution in [3.05, 3.63) is 81.8 Å². The molecule has 0 bridgehead atoms. The summed E-state index contributed by atoms with van der Waals surface area (Å²) in [7, 11) is -1.39. The van der Waals surface area contributed by atoms with E-state index >= 15 is 0 Å². The second kappa shape index (κ2) is 9.57. The van der Waals surface area contributed by atoms with E-state index < -0.39 is 10.0 Å². The summed E-state index contributed by atoms with van der Waals surface area (Å²) in [4.78, 5) is 28.3. The molecule has 2 heterocycles. The maximum atomic E-state index is 13.1. The van der Waals surface area contributed by atoms with Crippen LogP contribution < -0.4 is 10.9 Å². The minimum Gasteiger partial charge on any atom is -0.316 e. The van der Waals surface area contributed by atoms with Gasteiger partial charge in [-0.15, -0.1) is 0 Å². The number of nitrogens with one attached hydrogen (secondary N) is 1. The average molecular weight is 484 g/mol. The monoisotopic (exact) mass is 483 g/mol. The van der Waals surface area contributed by atoms with E-state index in [2.05, 4.69) is 10.2 Å². The quantitative estimate of drug-likeness (QED) is 0.577. The van der Waals surface area contributed by atoms with Crippen molar-refractivity contribution in [2.45, 2.75) is 13.5 Å². The Labute approximate surface area is 199 Å². The maximum absolute atomic E-state index is 13.1. The van der Waals surface area contributed by atoms with Gasteiger partial charge in [-0.25, -0.2) is 13.1 Å². The third-order valence-corrected chi connectivity index (χ3v) is 7.49. The lowest BCUT2D eigenvalue weighted by Crippen LogP contribution is -2.47. The number of rotatable bonds is 6. The van der Waals surface area contributed by atoms with Crippen LogP contribution in [0.3, 0.4) is 0 Å². The molecule has 1 N–H and O–H groups in total. The zero-order chi connectivity index (χ0) is 24.5. The Morgan fingerprint density at radius 1 is 1.00 bits per heavy atom. The molecule has 4 rings (SSSR count). The summed E-state index contributed by atoms with van der Waals surface area (Å²) in [5.74, 6) is -0.352. The number of anilines is 1. The lowest BCUT2D eigenvalue weighted by molar-refractivity contribution is 0.102. The SMILES string of the molecule is Cc1c(NC(=O)c2cccc(CN3CCN(S(C)(=O)=O)CC3)c2)c(=O)n(-c2ccccc2)n1C. The Balaban J connectivity index is 1.48. The molecule has 0 saturated carbocycles. The Morgan fingerprint density at radius 2 is 1.68 bits per heavy atom. The van der Waals surface area contributed by atoms with Gasteiger partial charge in [-0.2, -0.15) is 4.31 Å². The van der Waals surface area contributed by atoms with Crippen LogP contribution in [0, 0.1) is 6.92 Å². The summed E-state index contributed by atoms with van der Waals surface area (Å²) in [5.41, 5.74) is 2.74. The first kappa shape index (κ1) is 23.9. The molecular weight excluding hydrogens is 454 g/mol. The fourth-order valence-corrected chi connectivity index (χ4v) is 5.01. The van der Waals surface area contributed by atoms with Crippen molar-refractivity contribution in [3.63, 3.8) is 0 Å². The van der Waals surface area contributed by atoms with Crippen LogP contribution in [0.15, 0.2) is 59.4 Å². The van der Waals surface area contributed by atoms with E-state index in [1.165, 1.54) is 15.2 Å². The Bertz CT molecular complexity index is 1350. The smallest absolute Gasteiger partial charge is 0.295 e. The molecule has 2 aromatic carbocycles. The van der Waals surface area contributed by atoms with Gasteiger partial charge in [-0.05, 0) is 36.8 Å². The zero-order valence-corrected chi connectivity index (χ0v) is 20.4. The van der Waals surface area contributed by atoms with Gasteiger partial charge in [0.25, 0.3) is 11.5 Å². The molecule has 34 heavy (non-hydrogen) atoms. The molecule has 0 aliphatic carbocycles. The maximum Gasteiger partial charge on any atom is 0.295 e. The molecule has 1 amide bonds. The molecule has 0 spiro atoms. The third kappa shape index (κ3) is 4.98. The van der Waals surface area contributed by atoms with E-state index in [1.54, 1.807) is 24.7 Å². The van der Waals surface area contributed by atoms with E-state index in [-0.39, 0.29) is 17.2 Å². The summed E-state index contributed by atoms with van der Waals surface area (Å²) >= 11 is 0. The van der Waals surface area contributed by atoms with Crippen LogP contribution in [0.5, 0.6) is 0 Å². The first-order valence-electron chi connectivity index (χ1n) is 11.1. The number of sulfonamides is 1. The summed E-state index contributed by atoms with van der Waals surface area (Å²) < 4.78 is 28.2. The fraction of sp³-hybridized carbons (Fsp3) is 0.333. The molecule has 1 aliphatic heterocycles. The van der Waals surface area contributed by atoms with Crippen molar-refractivity contribution in [1.29, 1.82) is 0 Å². The number of hydrogen-bond donors (Lipinski definition) is 1. The number of carbonyl (C=O) groups excluding carboxylic acids is 1. The molecule has 3 aromatic rings. The normalized spacial score (nSPS) is 15.4. The van der Waals surface area contributed by atoms with Gasteiger partial charge >= 0.3 is 0 Å². The molecule has 1 fully saturated rings. The summed E-state index contributed by atoms with van der Waals surface area (Å²) in [6.07, 6.45) is 1.23. The molecule has 180 valence electrons. The Hall–Kier alpha value is -3.21. The third-order valence-electron chi connectivity index (χ3n) is 6.19. The fourth-order valence-electron chi connectivity index (χ4n) is 4.19. The van der Waals surface area contributed by atoms with Gasteiger partial charge in [-0.1, -0.05) is 30.3 Å². The number of aromatic nitrogens is 2. The minimum atomic E-state index is -3.17. The highest BCUT2D eigenvalue weighted by molar-refractivity contribution is 7.88. The van der Waals surface area contributed by atoms with Gasteiger partial charge in [-0.3, -0.25) is 19.2 Å². The molecule has 9 nitrogen and oxygen atoms in total. The van der Waals surface area contributed by atoms with E-state index in [0.29, 0.717) is 44.0 Å².